The molecule has 2 aromatic heterocycles. The van der Waals surface area contributed by atoms with Gasteiger partial charge in [0.15, 0.2) is 0 Å². The molecule has 3 heterocycles. The van der Waals surface area contributed by atoms with E-state index < -0.39 is 0 Å². The lowest BCUT2D eigenvalue weighted by molar-refractivity contribution is -0.126. The third-order valence-corrected chi connectivity index (χ3v) is 5.01. The maximum absolute atomic E-state index is 12.8. The van der Waals surface area contributed by atoms with Crippen molar-refractivity contribution >= 4 is 11.8 Å². The second-order valence-electron chi connectivity index (χ2n) is 7.02. The van der Waals surface area contributed by atoms with Crippen molar-refractivity contribution < 1.29 is 9.59 Å². The molecule has 0 atom stereocenters. The predicted octanol–water partition coefficient (Wildman–Crippen LogP) is 1.88. The molecule has 0 aliphatic carbocycles. The summed E-state index contributed by atoms with van der Waals surface area (Å²) in [5, 5.41) is 2.96. The van der Waals surface area contributed by atoms with Gasteiger partial charge in [-0.25, -0.2) is 9.97 Å². The average Bonchev–Trinajstić information content (AvgIpc) is 2.74. The van der Waals surface area contributed by atoms with E-state index in [4.69, 9.17) is 0 Å². The predicted molar refractivity (Wildman–Crippen MR) is 109 cm³/mol. The summed E-state index contributed by atoms with van der Waals surface area (Å²) < 4.78 is 0. The maximum Gasteiger partial charge on any atom is 0.298 e. The molecule has 1 N–H and O–H groups in total. The van der Waals surface area contributed by atoms with Crippen molar-refractivity contribution in [2.75, 3.05) is 19.6 Å². The summed E-state index contributed by atoms with van der Waals surface area (Å²) in [6, 6.07) is 3.86. The summed E-state index contributed by atoms with van der Waals surface area (Å²) in [5.74, 6) is 5.69. The van der Waals surface area contributed by atoms with E-state index >= 15 is 0 Å². The van der Waals surface area contributed by atoms with Gasteiger partial charge in [-0.3, -0.25) is 14.6 Å². The van der Waals surface area contributed by atoms with Crippen molar-refractivity contribution in [1.82, 2.24) is 25.2 Å². The third-order valence-electron chi connectivity index (χ3n) is 5.01. The summed E-state index contributed by atoms with van der Waals surface area (Å²) in [5.41, 5.74) is 2.35. The molecule has 1 aliphatic heterocycles. The highest BCUT2D eigenvalue weighted by atomic mass is 16.2. The number of carbonyl (C=O) groups is 2. The van der Waals surface area contributed by atoms with Gasteiger partial charge >= 0.3 is 0 Å². The molecule has 0 bridgehead atoms. The van der Waals surface area contributed by atoms with Gasteiger partial charge in [0.05, 0.1) is 11.3 Å². The smallest absolute Gasteiger partial charge is 0.298 e. The van der Waals surface area contributed by atoms with Crippen LogP contribution in [0, 0.1) is 18.8 Å². The standard InChI is InChI=1S/C22H25N5O2/c1-3-5-20(28)27-12-8-18(9-13-27)21-19(15-25-16(2)26-21)22(29)24-11-7-17-6-4-10-23-14-17/h4,6,10,14-15,18H,7-9,11-13H2,1-2H3,(H,24,29). The van der Waals surface area contributed by atoms with Crippen molar-refractivity contribution in [2.24, 2.45) is 0 Å². The zero-order valence-electron chi connectivity index (χ0n) is 16.8. The zero-order chi connectivity index (χ0) is 20.6. The van der Waals surface area contributed by atoms with Crippen LogP contribution in [0.3, 0.4) is 0 Å². The Labute approximate surface area is 171 Å². The first-order valence-corrected chi connectivity index (χ1v) is 9.80. The number of pyridine rings is 1. The van der Waals surface area contributed by atoms with Gasteiger partial charge in [0, 0.05) is 44.1 Å². The Morgan fingerprint density at radius 2 is 2.07 bits per heavy atom. The number of aryl methyl sites for hydroxylation is 1. The van der Waals surface area contributed by atoms with Crippen LogP contribution >= 0.6 is 0 Å². The lowest BCUT2D eigenvalue weighted by Crippen LogP contribution is -2.38. The van der Waals surface area contributed by atoms with Gasteiger partial charge in [-0.05, 0) is 50.7 Å². The second-order valence-corrected chi connectivity index (χ2v) is 7.02. The van der Waals surface area contributed by atoms with Crippen LogP contribution in [0.5, 0.6) is 0 Å². The Morgan fingerprint density at radius 3 is 2.76 bits per heavy atom. The van der Waals surface area contributed by atoms with Crippen LogP contribution in [0.2, 0.25) is 0 Å². The van der Waals surface area contributed by atoms with Crippen LogP contribution < -0.4 is 5.32 Å². The molecule has 1 aliphatic rings. The van der Waals surface area contributed by atoms with Gasteiger partial charge < -0.3 is 10.2 Å². The molecule has 2 aromatic rings. The Hall–Kier alpha value is -3.27. The highest BCUT2D eigenvalue weighted by Crippen LogP contribution is 2.29. The van der Waals surface area contributed by atoms with Gasteiger partial charge in [0.25, 0.3) is 11.8 Å². The molecule has 0 saturated carbocycles. The summed E-state index contributed by atoms with van der Waals surface area (Å²) in [4.78, 5) is 39.4. The Balaban J connectivity index is 1.65. The monoisotopic (exact) mass is 391 g/mol. The molecule has 0 spiro atoms. The van der Waals surface area contributed by atoms with E-state index in [0.29, 0.717) is 37.4 Å². The van der Waals surface area contributed by atoms with Crippen molar-refractivity contribution in [3.05, 3.63) is 53.4 Å². The van der Waals surface area contributed by atoms with E-state index in [2.05, 4.69) is 32.1 Å². The molecule has 29 heavy (non-hydrogen) atoms. The van der Waals surface area contributed by atoms with Crippen molar-refractivity contribution in [1.29, 1.82) is 0 Å². The second kappa shape index (κ2) is 9.78. The first kappa shape index (κ1) is 20.5. The minimum atomic E-state index is -0.167. The number of carbonyl (C=O) groups excluding carboxylic acids is 2. The first-order valence-electron chi connectivity index (χ1n) is 9.80. The fourth-order valence-electron chi connectivity index (χ4n) is 3.48. The van der Waals surface area contributed by atoms with Gasteiger partial charge in [0.1, 0.15) is 5.82 Å². The number of rotatable bonds is 5. The molecular weight excluding hydrogens is 366 g/mol. The molecule has 1 fully saturated rings. The number of aromatic nitrogens is 3. The molecule has 150 valence electrons. The average molecular weight is 391 g/mol. The fourth-order valence-corrected chi connectivity index (χ4v) is 3.48. The quantitative estimate of drug-likeness (QED) is 0.787. The van der Waals surface area contributed by atoms with E-state index in [9.17, 15) is 9.59 Å². The molecule has 7 nitrogen and oxygen atoms in total. The molecular formula is C22H25N5O2. The van der Waals surface area contributed by atoms with Crippen LogP contribution in [-0.2, 0) is 11.2 Å². The third kappa shape index (κ3) is 5.38. The molecule has 1 saturated heterocycles. The number of nitrogens with one attached hydrogen (secondary N) is 1. The Morgan fingerprint density at radius 1 is 1.28 bits per heavy atom. The van der Waals surface area contributed by atoms with Gasteiger partial charge in [-0.1, -0.05) is 12.0 Å². The first-order chi connectivity index (χ1) is 14.1. The van der Waals surface area contributed by atoms with Crippen LogP contribution in [0.4, 0.5) is 0 Å². The lowest BCUT2D eigenvalue weighted by atomic mass is 9.90. The van der Waals surface area contributed by atoms with E-state index in [1.165, 1.54) is 0 Å². The van der Waals surface area contributed by atoms with Gasteiger partial charge in [0.2, 0.25) is 0 Å². The number of amides is 2. The SMILES string of the molecule is CC#CC(=O)N1CCC(c2nc(C)ncc2C(=O)NCCc2cccnc2)CC1. The molecule has 3 rings (SSSR count). The summed E-state index contributed by atoms with van der Waals surface area (Å²) in [6.45, 7) is 5.23. The van der Waals surface area contributed by atoms with Gasteiger partial charge in [-0.2, -0.15) is 0 Å². The normalized spacial score (nSPS) is 14.1. The molecule has 2 amide bonds. The lowest BCUT2D eigenvalue weighted by Gasteiger charge is -2.31. The van der Waals surface area contributed by atoms with Crippen LogP contribution in [0.1, 0.15) is 53.1 Å². The molecule has 0 unspecified atom stereocenters. The Bertz CT molecular complexity index is 925. The minimum Gasteiger partial charge on any atom is -0.352 e. The van der Waals surface area contributed by atoms with Crippen molar-refractivity contribution in [2.45, 2.75) is 39.0 Å². The largest absolute Gasteiger partial charge is 0.352 e. The van der Waals surface area contributed by atoms with E-state index in [1.807, 2.05) is 19.1 Å². The number of likely N-dealkylation sites (tertiary alicyclic amines) is 1. The summed E-state index contributed by atoms with van der Waals surface area (Å²) in [7, 11) is 0. The molecule has 0 radical (unpaired) electrons. The number of nitrogens with zero attached hydrogens (tertiary/aromatic N) is 4. The van der Waals surface area contributed by atoms with Gasteiger partial charge in [-0.15, -0.1) is 0 Å². The molecule has 7 heteroatoms. The summed E-state index contributed by atoms with van der Waals surface area (Å²) >= 11 is 0. The summed E-state index contributed by atoms with van der Waals surface area (Å²) in [6.07, 6.45) is 7.35. The zero-order valence-corrected chi connectivity index (χ0v) is 16.8. The van der Waals surface area contributed by atoms with Crippen molar-refractivity contribution in [3.8, 4) is 11.8 Å². The van der Waals surface area contributed by atoms with E-state index in [1.54, 1.807) is 30.4 Å². The van der Waals surface area contributed by atoms with Crippen molar-refractivity contribution in [3.63, 3.8) is 0 Å². The van der Waals surface area contributed by atoms with Crippen LogP contribution in [0.25, 0.3) is 0 Å². The molecule has 0 aromatic carbocycles. The van der Waals surface area contributed by atoms with E-state index in [-0.39, 0.29) is 17.7 Å². The number of piperidine rings is 1. The topological polar surface area (TPSA) is 88.1 Å². The van der Waals surface area contributed by atoms with E-state index in [0.717, 1.165) is 24.1 Å². The Kier molecular flexibility index (Phi) is 6.90. The highest BCUT2D eigenvalue weighted by molar-refractivity contribution is 5.95. The number of hydrogen-bond donors (Lipinski definition) is 1. The fraction of sp³-hybridized carbons (Fsp3) is 0.409. The van der Waals surface area contributed by atoms with Crippen LogP contribution in [-0.4, -0.2) is 51.3 Å². The number of hydrogen-bond acceptors (Lipinski definition) is 5. The minimum absolute atomic E-state index is 0.120. The van der Waals surface area contributed by atoms with Crippen LogP contribution in [0.15, 0.2) is 30.7 Å². The maximum atomic E-state index is 12.8. The highest BCUT2D eigenvalue weighted by Gasteiger charge is 2.27.